The van der Waals surface area contributed by atoms with E-state index in [9.17, 15) is 4.79 Å². The lowest BCUT2D eigenvalue weighted by molar-refractivity contribution is -0.128. The summed E-state index contributed by atoms with van der Waals surface area (Å²) < 4.78 is 5.42. The van der Waals surface area contributed by atoms with Crippen molar-refractivity contribution in [2.75, 3.05) is 37.3 Å². The minimum Gasteiger partial charge on any atom is -0.494 e. The summed E-state index contributed by atoms with van der Waals surface area (Å²) in [5.74, 6) is 0.858. The van der Waals surface area contributed by atoms with Gasteiger partial charge in [-0.2, -0.15) is 0 Å². The van der Waals surface area contributed by atoms with Gasteiger partial charge < -0.3 is 20.7 Å². The molecule has 0 radical (unpaired) electrons. The van der Waals surface area contributed by atoms with E-state index in [1.165, 1.54) is 0 Å². The third-order valence-electron chi connectivity index (χ3n) is 3.14. The second kappa shape index (κ2) is 6.31. The number of likely N-dealkylation sites (tertiary alicyclic amines) is 1. The number of carbonyl (C=O) groups excluding carboxylic acids is 1. The standard InChI is InChI=1S/C14H21N3O2/c1-2-19-13-8-11(15)7-12(9-13)16-10-14(18)17-5-3-4-6-17/h7-9,16H,2-6,10,15H2,1H3. The van der Waals surface area contributed by atoms with E-state index < -0.39 is 0 Å². The summed E-state index contributed by atoms with van der Waals surface area (Å²) in [6.45, 7) is 4.57. The fraction of sp³-hybridized carbons (Fsp3) is 0.500. The van der Waals surface area contributed by atoms with Crippen LogP contribution >= 0.6 is 0 Å². The normalized spacial score (nSPS) is 14.5. The van der Waals surface area contributed by atoms with Crippen molar-refractivity contribution < 1.29 is 9.53 Å². The number of nitrogens with zero attached hydrogens (tertiary/aromatic N) is 1. The predicted molar refractivity (Wildman–Crippen MR) is 76.3 cm³/mol. The Morgan fingerprint density at radius 1 is 1.37 bits per heavy atom. The fourth-order valence-electron chi connectivity index (χ4n) is 2.23. The molecule has 1 aromatic rings. The van der Waals surface area contributed by atoms with E-state index >= 15 is 0 Å². The van der Waals surface area contributed by atoms with Crippen molar-refractivity contribution >= 4 is 17.3 Å². The predicted octanol–water partition coefficient (Wildman–Crippen LogP) is 1.70. The van der Waals surface area contributed by atoms with Crippen molar-refractivity contribution in [3.63, 3.8) is 0 Å². The molecule has 0 saturated carbocycles. The molecule has 5 heteroatoms. The second-order valence-electron chi connectivity index (χ2n) is 4.67. The van der Waals surface area contributed by atoms with E-state index in [0.29, 0.717) is 18.8 Å². The van der Waals surface area contributed by atoms with E-state index in [2.05, 4.69) is 5.32 Å². The molecule has 0 spiro atoms. The van der Waals surface area contributed by atoms with Crippen molar-refractivity contribution in [2.45, 2.75) is 19.8 Å². The molecular formula is C14H21N3O2. The third-order valence-corrected chi connectivity index (χ3v) is 3.14. The molecule has 3 N–H and O–H groups in total. The zero-order valence-electron chi connectivity index (χ0n) is 11.3. The van der Waals surface area contributed by atoms with E-state index in [-0.39, 0.29) is 5.91 Å². The van der Waals surface area contributed by atoms with Gasteiger partial charge in [-0.15, -0.1) is 0 Å². The van der Waals surface area contributed by atoms with Gasteiger partial charge in [0.1, 0.15) is 5.75 Å². The highest BCUT2D eigenvalue weighted by Gasteiger charge is 2.17. The van der Waals surface area contributed by atoms with Crippen molar-refractivity contribution in [3.8, 4) is 5.75 Å². The number of hydrogen-bond donors (Lipinski definition) is 2. The number of ether oxygens (including phenoxy) is 1. The Kier molecular flexibility index (Phi) is 4.49. The summed E-state index contributed by atoms with van der Waals surface area (Å²) in [4.78, 5) is 13.8. The highest BCUT2D eigenvalue weighted by molar-refractivity contribution is 5.81. The SMILES string of the molecule is CCOc1cc(N)cc(NCC(=O)N2CCCC2)c1. The Balaban J connectivity index is 1.92. The molecule has 1 heterocycles. The van der Waals surface area contributed by atoms with Crippen molar-refractivity contribution in [2.24, 2.45) is 0 Å². The molecule has 0 aliphatic carbocycles. The van der Waals surface area contributed by atoms with Gasteiger partial charge in [-0.05, 0) is 25.8 Å². The van der Waals surface area contributed by atoms with Gasteiger partial charge >= 0.3 is 0 Å². The zero-order valence-corrected chi connectivity index (χ0v) is 11.3. The first kappa shape index (κ1) is 13.5. The van der Waals surface area contributed by atoms with Gasteiger partial charge in [-0.25, -0.2) is 0 Å². The maximum absolute atomic E-state index is 11.9. The van der Waals surface area contributed by atoms with Crippen LogP contribution in [0.1, 0.15) is 19.8 Å². The lowest BCUT2D eigenvalue weighted by Crippen LogP contribution is -2.32. The Morgan fingerprint density at radius 2 is 2.11 bits per heavy atom. The minimum absolute atomic E-state index is 0.137. The van der Waals surface area contributed by atoms with E-state index in [1.54, 1.807) is 12.1 Å². The molecule has 1 saturated heterocycles. The summed E-state index contributed by atoms with van der Waals surface area (Å²) in [7, 11) is 0. The molecule has 0 atom stereocenters. The quantitative estimate of drug-likeness (QED) is 0.793. The number of anilines is 2. The number of benzene rings is 1. The van der Waals surface area contributed by atoms with Crippen LogP contribution in [0.25, 0.3) is 0 Å². The summed E-state index contributed by atoms with van der Waals surface area (Å²) in [5, 5.41) is 3.11. The van der Waals surface area contributed by atoms with Crippen LogP contribution in [0.2, 0.25) is 0 Å². The molecule has 5 nitrogen and oxygen atoms in total. The number of nitrogens with one attached hydrogen (secondary N) is 1. The molecule has 19 heavy (non-hydrogen) atoms. The number of rotatable bonds is 5. The highest BCUT2D eigenvalue weighted by atomic mass is 16.5. The summed E-state index contributed by atoms with van der Waals surface area (Å²) >= 11 is 0. The van der Waals surface area contributed by atoms with E-state index in [4.69, 9.17) is 10.5 Å². The van der Waals surface area contributed by atoms with Gasteiger partial charge in [0.15, 0.2) is 0 Å². The van der Waals surface area contributed by atoms with Crippen molar-refractivity contribution in [1.82, 2.24) is 4.90 Å². The fourth-order valence-corrected chi connectivity index (χ4v) is 2.23. The number of hydrogen-bond acceptors (Lipinski definition) is 4. The van der Waals surface area contributed by atoms with Crippen molar-refractivity contribution in [1.29, 1.82) is 0 Å². The smallest absolute Gasteiger partial charge is 0.241 e. The first-order valence-corrected chi connectivity index (χ1v) is 6.74. The summed E-state index contributed by atoms with van der Waals surface area (Å²) in [6.07, 6.45) is 2.22. The van der Waals surface area contributed by atoms with Crippen LogP contribution in [0.15, 0.2) is 18.2 Å². The van der Waals surface area contributed by atoms with Gasteiger partial charge in [0.05, 0.1) is 13.2 Å². The lowest BCUT2D eigenvalue weighted by Gasteiger charge is -2.16. The van der Waals surface area contributed by atoms with Crippen LogP contribution in [-0.4, -0.2) is 37.0 Å². The van der Waals surface area contributed by atoms with Crippen LogP contribution in [0.3, 0.4) is 0 Å². The number of carbonyl (C=O) groups is 1. The Morgan fingerprint density at radius 3 is 2.79 bits per heavy atom. The third kappa shape index (κ3) is 3.77. The molecule has 2 rings (SSSR count). The highest BCUT2D eigenvalue weighted by Crippen LogP contribution is 2.22. The second-order valence-corrected chi connectivity index (χ2v) is 4.67. The largest absolute Gasteiger partial charge is 0.494 e. The molecule has 0 aromatic heterocycles. The molecule has 1 aliphatic rings. The molecule has 1 aromatic carbocycles. The Bertz CT molecular complexity index is 442. The van der Waals surface area contributed by atoms with E-state index in [1.807, 2.05) is 17.9 Å². The topological polar surface area (TPSA) is 67.6 Å². The molecule has 1 amide bonds. The van der Waals surface area contributed by atoms with Crippen LogP contribution in [0.5, 0.6) is 5.75 Å². The number of amides is 1. The average Bonchev–Trinajstić information content (AvgIpc) is 2.89. The van der Waals surface area contributed by atoms with Gasteiger partial charge in [-0.1, -0.05) is 0 Å². The molecule has 0 unspecified atom stereocenters. The first-order valence-electron chi connectivity index (χ1n) is 6.74. The Labute approximate surface area is 113 Å². The Hall–Kier alpha value is -1.91. The molecule has 1 aliphatic heterocycles. The zero-order chi connectivity index (χ0) is 13.7. The first-order chi connectivity index (χ1) is 9.19. The van der Waals surface area contributed by atoms with Gasteiger partial charge in [0.2, 0.25) is 5.91 Å². The molecule has 1 fully saturated rings. The minimum atomic E-state index is 0.137. The van der Waals surface area contributed by atoms with E-state index in [0.717, 1.165) is 37.4 Å². The average molecular weight is 263 g/mol. The van der Waals surface area contributed by atoms with Crippen LogP contribution in [0, 0.1) is 0 Å². The van der Waals surface area contributed by atoms with Crippen molar-refractivity contribution in [3.05, 3.63) is 18.2 Å². The number of nitrogens with two attached hydrogens (primary N) is 1. The summed E-state index contributed by atoms with van der Waals surface area (Å²) in [5.41, 5.74) is 7.25. The number of nitrogen functional groups attached to an aromatic ring is 1. The monoisotopic (exact) mass is 263 g/mol. The molecule has 104 valence electrons. The molecule has 0 bridgehead atoms. The lowest BCUT2D eigenvalue weighted by atomic mass is 10.2. The van der Waals surface area contributed by atoms with Gasteiger partial charge in [-0.3, -0.25) is 4.79 Å². The maximum atomic E-state index is 11.9. The van der Waals surface area contributed by atoms with Gasteiger partial charge in [0.25, 0.3) is 0 Å². The summed E-state index contributed by atoms with van der Waals surface area (Å²) in [6, 6.07) is 5.44. The van der Waals surface area contributed by atoms with Crippen LogP contribution in [0.4, 0.5) is 11.4 Å². The molecular weight excluding hydrogens is 242 g/mol. The maximum Gasteiger partial charge on any atom is 0.241 e. The van der Waals surface area contributed by atoms with Gasteiger partial charge in [0, 0.05) is 36.6 Å². The van der Waals surface area contributed by atoms with Crippen LogP contribution in [-0.2, 0) is 4.79 Å². The van der Waals surface area contributed by atoms with Crippen LogP contribution < -0.4 is 15.8 Å².